The van der Waals surface area contributed by atoms with Crippen LogP contribution < -0.4 is 0 Å². The zero-order chi connectivity index (χ0) is 17.4. The molecule has 1 heterocycles. The number of amides is 2. The molecule has 1 aromatic carbocycles. The lowest BCUT2D eigenvalue weighted by molar-refractivity contribution is -0.130. The van der Waals surface area contributed by atoms with Crippen LogP contribution in [0.2, 0.25) is 0 Å². The molecule has 126 valence electrons. The second-order valence-corrected chi connectivity index (χ2v) is 5.57. The van der Waals surface area contributed by atoms with Crippen LogP contribution >= 0.6 is 0 Å². The lowest BCUT2D eigenvalue weighted by atomic mass is 10.0. The predicted molar refractivity (Wildman–Crippen MR) is 89.1 cm³/mol. The first-order valence-electron chi connectivity index (χ1n) is 7.86. The molecule has 0 unspecified atom stereocenters. The number of carbonyl (C=O) groups excluding carboxylic acids is 2. The molecule has 2 rings (SSSR count). The number of cyclic esters (lactones) is 1. The lowest BCUT2D eigenvalue weighted by Crippen LogP contribution is -2.45. The van der Waals surface area contributed by atoms with Gasteiger partial charge in [-0.1, -0.05) is 41.5 Å². The molecule has 1 saturated heterocycles. The topological polar surface area (TPSA) is 95.4 Å². The fraction of sp³-hybridized carbons (Fsp3) is 0.412. The molecule has 7 heteroatoms. The van der Waals surface area contributed by atoms with E-state index >= 15 is 0 Å². The highest BCUT2D eigenvalue weighted by Crippen LogP contribution is 2.21. The molecule has 2 atom stereocenters. The molecule has 1 aliphatic heterocycles. The van der Waals surface area contributed by atoms with Crippen LogP contribution in [0, 0.1) is 0 Å². The number of benzene rings is 1. The standard InChI is InChI=1S/C17H20N4O3/c1-2-3-5-10-15(19-20-18)16(22)21-14(12-24-17(21)23)11-13-8-6-4-7-9-13/h2,4,6-9,14-15H,1,3,5,10-12H2/t14-,15-/m0/s1. The molecule has 1 aliphatic rings. The number of unbranched alkanes of at least 4 members (excludes halogenated alkanes) is 1. The summed E-state index contributed by atoms with van der Waals surface area (Å²) >= 11 is 0. The molecule has 1 fully saturated rings. The summed E-state index contributed by atoms with van der Waals surface area (Å²) in [5.74, 6) is -0.500. The molecule has 7 nitrogen and oxygen atoms in total. The largest absolute Gasteiger partial charge is 0.447 e. The lowest BCUT2D eigenvalue weighted by Gasteiger charge is -2.22. The van der Waals surface area contributed by atoms with Crippen molar-refractivity contribution in [1.82, 2.24) is 4.90 Å². The number of azide groups is 1. The predicted octanol–water partition coefficient (Wildman–Crippen LogP) is 3.61. The van der Waals surface area contributed by atoms with E-state index in [-0.39, 0.29) is 12.6 Å². The van der Waals surface area contributed by atoms with Crippen molar-refractivity contribution in [2.75, 3.05) is 6.61 Å². The molecular formula is C17H20N4O3. The van der Waals surface area contributed by atoms with Gasteiger partial charge in [0.1, 0.15) is 12.6 Å². The Bertz CT molecular complexity index is 640. The van der Waals surface area contributed by atoms with Crippen LogP contribution in [0.5, 0.6) is 0 Å². The van der Waals surface area contributed by atoms with Gasteiger partial charge in [0, 0.05) is 4.91 Å². The van der Waals surface area contributed by atoms with Gasteiger partial charge in [-0.05, 0) is 36.8 Å². The van der Waals surface area contributed by atoms with Gasteiger partial charge in [0.2, 0.25) is 5.91 Å². The van der Waals surface area contributed by atoms with Crippen LogP contribution in [-0.2, 0) is 16.0 Å². The van der Waals surface area contributed by atoms with Crippen molar-refractivity contribution in [1.29, 1.82) is 0 Å². The summed E-state index contributed by atoms with van der Waals surface area (Å²) in [7, 11) is 0. The van der Waals surface area contributed by atoms with Crippen molar-refractivity contribution in [2.45, 2.75) is 37.8 Å². The van der Waals surface area contributed by atoms with E-state index in [4.69, 9.17) is 10.3 Å². The van der Waals surface area contributed by atoms with Gasteiger partial charge in [0.25, 0.3) is 0 Å². The van der Waals surface area contributed by atoms with Gasteiger partial charge in [0.05, 0.1) is 6.04 Å². The molecular weight excluding hydrogens is 308 g/mol. The Labute approximate surface area is 140 Å². The number of carbonyl (C=O) groups is 2. The number of hydrogen-bond donors (Lipinski definition) is 0. The maximum absolute atomic E-state index is 12.7. The van der Waals surface area contributed by atoms with Gasteiger partial charge >= 0.3 is 6.09 Å². The molecule has 0 bridgehead atoms. The highest BCUT2D eigenvalue weighted by atomic mass is 16.6. The summed E-state index contributed by atoms with van der Waals surface area (Å²) in [4.78, 5) is 28.5. The summed E-state index contributed by atoms with van der Waals surface area (Å²) < 4.78 is 5.04. The number of imide groups is 1. The first kappa shape index (κ1) is 17.6. The monoisotopic (exact) mass is 328 g/mol. The van der Waals surface area contributed by atoms with E-state index in [1.165, 1.54) is 0 Å². The van der Waals surface area contributed by atoms with Gasteiger partial charge in [-0.3, -0.25) is 4.79 Å². The van der Waals surface area contributed by atoms with Crippen LogP contribution in [0.4, 0.5) is 4.79 Å². The SMILES string of the molecule is C=CCCC[C@H](N=[N+]=[N-])C(=O)N1C(=O)OC[C@@H]1Cc1ccccc1. The first-order chi connectivity index (χ1) is 11.7. The third kappa shape index (κ3) is 4.36. The number of nitrogens with zero attached hydrogens (tertiary/aromatic N) is 4. The second kappa shape index (κ2) is 8.74. The molecule has 24 heavy (non-hydrogen) atoms. The van der Waals surface area contributed by atoms with Gasteiger partial charge in [-0.2, -0.15) is 0 Å². The van der Waals surface area contributed by atoms with Crippen molar-refractivity contribution in [3.8, 4) is 0 Å². The Hall–Kier alpha value is -2.79. The fourth-order valence-electron chi connectivity index (χ4n) is 2.68. The maximum atomic E-state index is 12.7. The Kier molecular flexibility index (Phi) is 6.40. The third-order valence-electron chi connectivity index (χ3n) is 3.87. The Morgan fingerprint density at radius 3 is 2.92 bits per heavy atom. The molecule has 0 aliphatic carbocycles. The van der Waals surface area contributed by atoms with Gasteiger partial charge in [-0.25, -0.2) is 9.69 Å². The smallest absolute Gasteiger partial charge is 0.416 e. The van der Waals surface area contributed by atoms with E-state index in [0.29, 0.717) is 25.7 Å². The summed E-state index contributed by atoms with van der Waals surface area (Å²) in [6, 6.07) is 8.27. The Balaban J connectivity index is 2.11. The zero-order valence-corrected chi connectivity index (χ0v) is 13.4. The zero-order valence-electron chi connectivity index (χ0n) is 13.4. The molecule has 1 aromatic rings. The second-order valence-electron chi connectivity index (χ2n) is 5.57. The van der Waals surface area contributed by atoms with Gasteiger partial charge in [-0.15, -0.1) is 6.58 Å². The number of hydrogen-bond acceptors (Lipinski definition) is 4. The molecule has 0 aromatic heterocycles. The van der Waals surface area contributed by atoms with Crippen molar-refractivity contribution < 1.29 is 14.3 Å². The van der Waals surface area contributed by atoms with Gasteiger partial charge < -0.3 is 4.74 Å². The summed E-state index contributed by atoms with van der Waals surface area (Å²) in [6.45, 7) is 3.77. The van der Waals surface area contributed by atoms with Crippen molar-refractivity contribution in [3.63, 3.8) is 0 Å². The van der Waals surface area contributed by atoms with Gasteiger partial charge in [0.15, 0.2) is 0 Å². The number of allylic oxidation sites excluding steroid dienone is 1. The summed E-state index contributed by atoms with van der Waals surface area (Å²) in [6.07, 6.45) is 3.31. The average Bonchev–Trinajstić information content (AvgIpc) is 2.95. The molecule has 0 spiro atoms. The summed E-state index contributed by atoms with van der Waals surface area (Å²) in [5, 5.41) is 3.56. The van der Waals surface area contributed by atoms with Crippen LogP contribution in [-0.4, -0.2) is 35.6 Å². The third-order valence-corrected chi connectivity index (χ3v) is 3.87. The maximum Gasteiger partial charge on any atom is 0.416 e. The fourth-order valence-corrected chi connectivity index (χ4v) is 2.68. The van der Waals surface area contributed by atoms with E-state index < -0.39 is 18.0 Å². The van der Waals surface area contributed by atoms with E-state index in [9.17, 15) is 9.59 Å². The van der Waals surface area contributed by atoms with E-state index in [2.05, 4.69) is 16.6 Å². The molecule has 0 saturated carbocycles. The van der Waals surface area contributed by atoms with Crippen molar-refractivity contribution >= 4 is 12.0 Å². The molecule has 2 amide bonds. The van der Waals surface area contributed by atoms with Crippen molar-refractivity contribution in [3.05, 3.63) is 59.0 Å². The number of rotatable bonds is 8. The van der Waals surface area contributed by atoms with E-state index in [1.54, 1.807) is 6.08 Å². The van der Waals surface area contributed by atoms with Crippen LogP contribution in [0.25, 0.3) is 10.4 Å². The van der Waals surface area contributed by atoms with E-state index in [0.717, 1.165) is 10.5 Å². The minimum Gasteiger partial charge on any atom is -0.447 e. The van der Waals surface area contributed by atoms with E-state index in [1.807, 2.05) is 30.3 Å². The minimum atomic E-state index is -0.904. The summed E-state index contributed by atoms with van der Waals surface area (Å²) in [5.41, 5.74) is 9.71. The number of ether oxygens (including phenoxy) is 1. The minimum absolute atomic E-state index is 0.148. The average molecular weight is 328 g/mol. The normalized spacial score (nSPS) is 17.8. The first-order valence-corrected chi connectivity index (χ1v) is 7.86. The highest BCUT2D eigenvalue weighted by Gasteiger charge is 2.40. The highest BCUT2D eigenvalue weighted by molar-refractivity contribution is 5.96. The molecule has 0 N–H and O–H groups in total. The Morgan fingerprint density at radius 2 is 2.25 bits per heavy atom. The van der Waals surface area contributed by atoms with Crippen LogP contribution in [0.3, 0.4) is 0 Å². The van der Waals surface area contributed by atoms with Crippen LogP contribution in [0.15, 0.2) is 48.1 Å². The molecule has 0 radical (unpaired) electrons. The van der Waals surface area contributed by atoms with Crippen molar-refractivity contribution in [2.24, 2.45) is 5.11 Å². The quantitative estimate of drug-likeness (QED) is 0.240. The van der Waals surface area contributed by atoms with Crippen LogP contribution in [0.1, 0.15) is 24.8 Å². The Morgan fingerprint density at radius 1 is 1.50 bits per heavy atom.